The molecule has 0 aromatic rings. The van der Waals surface area contributed by atoms with Crippen molar-refractivity contribution in [2.24, 2.45) is 17.3 Å². The summed E-state index contributed by atoms with van der Waals surface area (Å²) in [5, 5.41) is 0. The van der Waals surface area contributed by atoms with Gasteiger partial charge >= 0.3 is 0 Å². The van der Waals surface area contributed by atoms with Crippen LogP contribution in [0.3, 0.4) is 0 Å². The topological polar surface area (TPSA) is 12.5 Å². The number of hydrogen-bond acceptors (Lipinski definition) is 3. The summed E-state index contributed by atoms with van der Waals surface area (Å²) in [7, 11) is 1.80. The highest BCUT2D eigenvalue weighted by Gasteiger charge is 2.29. The number of hydrogen-bond donors (Lipinski definition) is 1. The van der Waals surface area contributed by atoms with Gasteiger partial charge in [0.1, 0.15) is 0 Å². The Bertz CT molecular complexity index is 203. The lowest BCUT2D eigenvalue weighted by molar-refractivity contribution is 0.143. The molecule has 2 nitrogen and oxygen atoms in total. The van der Waals surface area contributed by atoms with E-state index in [9.17, 15) is 0 Å². The SMILES string of the molecule is COCC1CCN(CC(CS)C(C)(C)C)C1. The molecule has 3 heteroatoms. The summed E-state index contributed by atoms with van der Waals surface area (Å²) in [5.74, 6) is 2.40. The molecule has 2 unspecified atom stereocenters. The zero-order chi connectivity index (χ0) is 12.2. The molecule has 1 aliphatic rings. The van der Waals surface area contributed by atoms with Crippen molar-refractivity contribution in [3.8, 4) is 0 Å². The minimum absolute atomic E-state index is 0.362. The quantitative estimate of drug-likeness (QED) is 0.747. The highest BCUT2D eigenvalue weighted by Crippen LogP contribution is 2.29. The van der Waals surface area contributed by atoms with Crippen LogP contribution in [0.25, 0.3) is 0 Å². The van der Waals surface area contributed by atoms with Gasteiger partial charge in [0, 0.05) is 20.2 Å². The second kappa shape index (κ2) is 6.27. The first-order valence-corrected chi connectivity index (χ1v) is 6.92. The molecule has 0 aliphatic carbocycles. The van der Waals surface area contributed by atoms with Crippen LogP contribution in [0.5, 0.6) is 0 Å². The van der Waals surface area contributed by atoms with Gasteiger partial charge in [-0.2, -0.15) is 12.6 Å². The van der Waals surface area contributed by atoms with Crippen LogP contribution in [-0.2, 0) is 4.74 Å². The summed E-state index contributed by atoms with van der Waals surface area (Å²) in [6, 6.07) is 0. The molecule has 1 rings (SSSR count). The largest absolute Gasteiger partial charge is 0.384 e. The van der Waals surface area contributed by atoms with E-state index >= 15 is 0 Å². The molecule has 0 radical (unpaired) electrons. The third-order valence-corrected chi connectivity index (χ3v) is 4.14. The third-order valence-electron chi connectivity index (χ3n) is 3.70. The summed E-state index contributed by atoms with van der Waals surface area (Å²) in [5.41, 5.74) is 0.362. The molecule has 1 saturated heterocycles. The summed E-state index contributed by atoms with van der Waals surface area (Å²) in [6.45, 7) is 11.5. The van der Waals surface area contributed by atoms with Crippen LogP contribution in [0.4, 0.5) is 0 Å². The second-order valence-electron chi connectivity index (χ2n) is 6.12. The molecule has 0 aromatic carbocycles. The van der Waals surface area contributed by atoms with Crippen molar-refractivity contribution < 1.29 is 4.74 Å². The van der Waals surface area contributed by atoms with Gasteiger partial charge < -0.3 is 9.64 Å². The van der Waals surface area contributed by atoms with E-state index in [-0.39, 0.29) is 0 Å². The number of ether oxygens (including phenoxy) is 1. The molecule has 1 aliphatic heterocycles. The van der Waals surface area contributed by atoms with Gasteiger partial charge in [-0.25, -0.2) is 0 Å². The van der Waals surface area contributed by atoms with Crippen LogP contribution in [0.2, 0.25) is 0 Å². The van der Waals surface area contributed by atoms with Crippen LogP contribution < -0.4 is 0 Å². The van der Waals surface area contributed by atoms with E-state index in [1.165, 1.54) is 26.1 Å². The van der Waals surface area contributed by atoms with Gasteiger partial charge in [0.25, 0.3) is 0 Å². The fourth-order valence-electron chi connectivity index (χ4n) is 2.37. The first-order chi connectivity index (χ1) is 7.47. The Kier molecular flexibility index (Phi) is 5.62. The summed E-state index contributed by atoms with van der Waals surface area (Å²) >= 11 is 4.49. The number of thiol groups is 1. The predicted octanol–water partition coefficient (Wildman–Crippen LogP) is 2.55. The number of methoxy groups -OCH3 is 1. The van der Waals surface area contributed by atoms with E-state index in [2.05, 4.69) is 38.3 Å². The smallest absolute Gasteiger partial charge is 0.0503 e. The zero-order valence-electron chi connectivity index (χ0n) is 11.2. The van der Waals surface area contributed by atoms with Gasteiger partial charge in [-0.1, -0.05) is 20.8 Å². The van der Waals surface area contributed by atoms with Crippen molar-refractivity contribution in [3.05, 3.63) is 0 Å². The molecule has 96 valence electrons. The van der Waals surface area contributed by atoms with E-state index in [0.717, 1.165) is 18.3 Å². The zero-order valence-corrected chi connectivity index (χ0v) is 12.1. The molecule has 0 bridgehead atoms. The average molecular weight is 245 g/mol. The van der Waals surface area contributed by atoms with Crippen molar-refractivity contribution in [2.75, 3.05) is 39.1 Å². The molecule has 0 saturated carbocycles. The molecule has 1 heterocycles. The van der Waals surface area contributed by atoms with Crippen molar-refractivity contribution in [2.45, 2.75) is 27.2 Å². The molecule has 0 spiro atoms. The fraction of sp³-hybridized carbons (Fsp3) is 1.00. The van der Waals surface area contributed by atoms with Crippen LogP contribution in [0.1, 0.15) is 27.2 Å². The normalized spacial score (nSPS) is 24.9. The number of nitrogens with zero attached hydrogens (tertiary/aromatic N) is 1. The maximum Gasteiger partial charge on any atom is 0.0503 e. The Balaban J connectivity index is 2.37. The van der Waals surface area contributed by atoms with Crippen LogP contribution in [-0.4, -0.2) is 44.0 Å². The number of likely N-dealkylation sites (tertiary alicyclic amines) is 1. The van der Waals surface area contributed by atoms with Gasteiger partial charge in [-0.05, 0) is 36.0 Å². The van der Waals surface area contributed by atoms with Crippen LogP contribution in [0, 0.1) is 17.3 Å². The first kappa shape index (κ1) is 14.3. The molecule has 16 heavy (non-hydrogen) atoms. The Labute approximate surface area is 106 Å². The highest BCUT2D eigenvalue weighted by molar-refractivity contribution is 7.80. The van der Waals surface area contributed by atoms with Gasteiger partial charge in [0.05, 0.1) is 6.61 Å². The van der Waals surface area contributed by atoms with Gasteiger partial charge in [-0.3, -0.25) is 0 Å². The molecular formula is C13H27NOS. The van der Waals surface area contributed by atoms with E-state index < -0.39 is 0 Å². The molecule has 0 N–H and O–H groups in total. The minimum atomic E-state index is 0.362. The lowest BCUT2D eigenvalue weighted by Gasteiger charge is -2.33. The monoisotopic (exact) mass is 245 g/mol. The second-order valence-corrected chi connectivity index (χ2v) is 6.48. The molecular weight excluding hydrogens is 218 g/mol. The lowest BCUT2D eigenvalue weighted by atomic mass is 9.81. The Morgan fingerprint density at radius 1 is 1.44 bits per heavy atom. The third kappa shape index (κ3) is 4.27. The number of rotatable bonds is 5. The fourth-order valence-corrected chi connectivity index (χ4v) is 3.03. The molecule has 1 fully saturated rings. The Hall–Kier alpha value is 0.270. The van der Waals surface area contributed by atoms with Gasteiger partial charge in [0.2, 0.25) is 0 Å². The van der Waals surface area contributed by atoms with Crippen LogP contribution >= 0.6 is 12.6 Å². The van der Waals surface area contributed by atoms with Crippen molar-refractivity contribution >= 4 is 12.6 Å². The van der Waals surface area contributed by atoms with Crippen molar-refractivity contribution in [1.82, 2.24) is 4.90 Å². The van der Waals surface area contributed by atoms with Gasteiger partial charge in [0.15, 0.2) is 0 Å². The summed E-state index contributed by atoms with van der Waals surface area (Å²) in [6.07, 6.45) is 1.29. The molecule has 2 atom stereocenters. The summed E-state index contributed by atoms with van der Waals surface area (Å²) < 4.78 is 5.23. The Morgan fingerprint density at radius 3 is 2.62 bits per heavy atom. The standard InChI is InChI=1S/C13H27NOS/c1-13(2,3)12(10-16)8-14-6-5-11(7-14)9-15-4/h11-12,16H,5-10H2,1-4H3. The van der Waals surface area contributed by atoms with E-state index in [1.54, 1.807) is 7.11 Å². The summed E-state index contributed by atoms with van der Waals surface area (Å²) in [4.78, 5) is 2.58. The lowest BCUT2D eigenvalue weighted by Crippen LogP contribution is -2.35. The van der Waals surface area contributed by atoms with Crippen molar-refractivity contribution in [3.63, 3.8) is 0 Å². The van der Waals surface area contributed by atoms with Crippen molar-refractivity contribution in [1.29, 1.82) is 0 Å². The minimum Gasteiger partial charge on any atom is -0.384 e. The van der Waals surface area contributed by atoms with E-state index in [4.69, 9.17) is 4.74 Å². The van der Waals surface area contributed by atoms with Gasteiger partial charge in [-0.15, -0.1) is 0 Å². The first-order valence-electron chi connectivity index (χ1n) is 6.29. The maximum absolute atomic E-state index is 5.23. The molecule has 0 amide bonds. The maximum atomic E-state index is 5.23. The molecule has 0 aromatic heterocycles. The highest BCUT2D eigenvalue weighted by atomic mass is 32.1. The van der Waals surface area contributed by atoms with E-state index in [0.29, 0.717) is 11.3 Å². The van der Waals surface area contributed by atoms with Crippen LogP contribution in [0.15, 0.2) is 0 Å². The average Bonchev–Trinajstić information content (AvgIpc) is 2.61. The Morgan fingerprint density at radius 2 is 2.12 bits per heavy atom. The van der Waals surface area contributed by atoms with E-state index in [1.807, 2.05) is 0 Å². The predicted molar refractivity (Wildman–Crippen MR) is 73.2 cm³/mol.